The second-order valence-corrected chi connectivity index (χ2v) is 7.14. The minimum atomic E-state index is -0.683. The molecule has 9 nitrogen and oxygen atoms in total. The van der Waals surface area contributed by atoms with E-state index in [1.54, 1.807) is 30.6 Å². The molecule has 1 fully saturated rings. The summed E-state index contributed by atoms with van der Waals surface area (Å²) in [6, 6.07) is 4.81. The Morgan fingerprint density at radius 3 is 2.69 bits per heavy atom. The molecule has 0 amide bonds. The number of amidine groups is 1. The summed E-state index contributed by atoms with van der Waals surface area (Å²) in [6.07, 6.45) is 5.96. The molecule has 1 saturated heterocycles. The Kier molecular flexibility index (Phi) is 7.85. The minimum Gasteiger partial charge on any atom is -0.460 e. The van der Waals surface area contributed by atoms with Crippen LogP contribution in [0.4, 0.5) is 10.3 Å². The van der Waals surface area contributed by atoms with Crippen molar-refractivity contribution >= 4 is 23.5 Å². The quantitative estimate of drug-likeness (QED) is 0.153. The molecule has 0 atom stereocenters. The van der Waals surface area contributed by atoms with Crippen LogP contribution in [-0.2, 0) is 21.0 Å². The Bertz CT molecular complexity index is 999. The van der Waals surface area contributed by atoms with Crippen LogP contribution < -0.4 is 10.6 Å². The highest BCUT2D eigenvalue weighted by Gasteiger charge is 2.19. The van der Waals surface area contributed by atoms with Gasteiger partial charge in [0.15, 0.2) is 0 Å². The lowest BCUT2D eigenvalue weighted by Crippen LogP contribution is -2.35. The zero-order chi connectivity index (χ0) is 22.9. The third kappa shape index (κ3) is 6.10. The van der Waals surface area contributed by atoms with Crippen LogP contribution in [-0.4, -0.2) is 47.2 Å². The smallest absolute Gasteiger partial charge is 0.313 e. The van der Waals surface area contributed by atoms with Gasteiger partial charge >= 0.3 is 5.97 Å². The molecule has 1 aliphatic heterocycles. The molecule has 0 aliphatic carbocycles. The zero-order valence-electron chi connectivity index (χ0n) is 17.6. The average Bonchev–Trinajstić information content (AvgIpc) is 2.79. The van der Waals surface area contributed by atoms with Gasteiger partial charge in [0.2, 0.25) is 5.95 Å². The molecule has 3 rings (SSSR count). The Labute approximate surface area is 185 Å². The van der Waals surface area contributed by atoms with Gasteiger partial charge < -0.3 is 20.2 Å². The highest BCUT2D eigenvalue weighted by Crippen LogP contribution is 2.26. The Morgan fingerprint density at radius 2 is 2.03 bits per heavy atom. The van der Waals surface area contributed by atoms with Crippen molar-refractivity contribution in [2.45, 2.75) is 25.9 Å². The number of hydrogen-bond acceptors (Lipinski definition) is 8. The van der Waals surface area contributed by atoms with E-state index in [1.807, 2.05) is 4.90 Å². The molecule has 3 N–H and O–H groups in total. The van der Waals surface area contributed by atoms with Crippen LogP contribution in [0.3, 0.4) is 0 Å². The van der Waals surface area contributed by atoms with Crippen molar-refractivity contribution in [1.29, 1.82) is 5.41 Å². The molecular weight excluding hydrogens is 415 g/mol. The molecule has 10 heteroatoms. The molecular formula is C22H25FN6O3. The number of hydrogen-bond donors (Lipinski definition) is 2. The number of carbonyl (C=O) groups excluding carboxylic acids is 1. The minimum absolute atomic E-state index is 0.213. The van der Waals surface area contributed by atoms with Crippen molar-refractivity contribution in [3.05, 3.63) is 54.6 Å². The number of benzene rings is 1. The van der Waals surface area contributed by atoms with Gasteiger partial charge in [-0.25, -0.2) is 14.4 Å². The number of carbonyl (C=O) groups is 1. The van der Waals surface area contributed by atoms with E-state index < -0.39 is 11.8 Å². The first kappa shape index (κ1) is 22.9. The van der Waals surface area contributed by atoms with Gasteiger partial charge in [-0.15, -0.1) is 0 Å². The highest BCUT2D eigenvalue weighted by atomic mass is 19.1. The molecule has 0 radical (unpaired) electrons. The molecule has 0 saturated carbocycles. The van der Waals surface area contributed by atoms with Crippen molar-refractivity contribution in [3.63, 3.8) is 0 Å². The number of oxime groups is 1. The van der Waals surface area contributed by atoms with Crippen LogP contribution >= 0.6 is 0 Å². The van der Waals surface area contributed by atoms with E-state index in [4.69, 9.17) is 20.7 Å². The number of piperidine rings is 1. The molecule has 1 aromatic heterocycles. The van der Waals surface area contributed by atoms with Crippen LogP contribution in [0.25, 0.3) is 11.1 Å². The number of nitrogens with one attached hydrogen (secondary N) is 1. The SMILES string of the molecule is C=CCON=C1CCN(c2ncc(-c3cccc(COC(=O)CC(=N)N)c3F)cn2)CC1. The fraction of sp³-hybridized carbons (Fsp3) is 0.318. The van der Waals surface area contributed by atoms with Crippen LogP contribution in [0, 0.1) is 11.2 Å². The summed E-state index contributed by atoms with van der Waals surface area (Å²) < 4.78 is 19.9. The highest BCUT2D eigenvalue weighted by molar-refractivity contribution is 5.94. The first-order valence-corrected chi connectivity index (χ1v) is 10.1. The fourth-order valence-corrected chi connectivity index (χ4v) is 3.14. The number of halogens is 1. The van der Waals surface area contributed by atoms with E-state index >= 15 is 0 Å². The molecule has 168 valence electrons. The summed E-state index contributed by atoms with van der Waals surface area (Å²) in [5.41, 5.74) is 7.19. The van der Waals surface area contributed by atoms with Crippen molar-refractivity contribution in [1.82, 2.24) is 9.97 Å². The number of rotatable bonds is 9. The first-order chi connectivity index (χ1) is 15.5. The number of anilines is 1. The van der Waals surface area contributed by atoms with Crippen molar-refractivity contribution in [2.24, 2.45) is 10.9 Å². The topological polar surface area (TPSA) is 127 Å². The van der Waals surface area contributed by atoms with Gasteiger partial charge in [0, 0.05) is 55.0 Å². The largest absolute Gasteiger partial charge is 0.460 e. The zero-order valence-corrected chi connectivity index (χ0v) is 17.6. The summed E-state index contributed by atoms with van der Waals surface area (Å²) in [6.45, 7) is 5.15. The Balaban J connectivity index is 1.64. The predicted molar refractivity (Wildman–Crippen MR) is 119 cm³/mol. The van der Waals surface area contributed by atoms with Crippen LogP contribution in [0.2, 0.25) is 0 Å². The van der Waals surface area contributed by atoms with Gasteiger partial charge in [0.25, 0.3) is 0 Å². The molecule has 0 spiro atoms. The average molecular weight is 440 g/mol. The van der Waals surface area contributed by atoms with Crippen molar-refractivity contribution < 1.29 is 18.8 Å². The normalized spacial score (nSPS) is 13.4. The van der Waals surface area contributed by atoms with Gasteiger partial charge in [-0.2, -0.15) is 0 Å². The summed E-state index contributed by atoms with van der Waals surface area (Å²) in [4.78, 5) is 27.5. The van der Waals surface area contributed by atoms with E-state index in [1.165, 1.54) is 6.07 Å². The number of esters is 1. The van der Waals surface area contributed by atoms with Crippen LogP contribution in [0.5, 0.6) is 0 Å². The number of nitrogens with two attached hydrogens (primary N) is 1. The lowest BCUT2D eigenvalue weighted by atomic mass is 10.0. The molecule has 0 bridgehead atoms. The summed E-state index contributed by atoms with van der Waals surface area (Å²) >= 11 is 0. The maximum atomic E-state index is 14.9. The van der Waals surface area contributed by atoms with E-state index in [-0.39, 0.29) is 24.4 Å². The third-order valence-corrected chi connectivity index (χ3v) is 4.76. The second-order valence-electron chi connectivity index (χ2n) is 7.14. The molecule has 1 aromatic carbocycles. The van der Waals surface area contributed by atoms with Crippen LogP contribution in [0.15, 0.2) is 48.4 Å². The first-order valence-electron chi connectivity index (χ1n) is 10.1. The second kappa shape index (κ2) is 11.0. The molecule has 32 heavy (non-hydrogen) atoms. The maximum Gasteiger partial charge on any atom is 0.313 e. The lowest BCUT2D eigenvalue weighted by molar-refractivity contribution is -0.143. The Morgan fingerprint density at radius 1 is 1.31 bits per heavy atom. The maximum absolute atomic E-state index is 14.9. The number of aromatic nitrogens is 2. The van der Waals surface area contributed by atoms with Crippen LogP contribution in [0.1, 0.15) is 24.8 Å². The van der Waals surface area contributed by atoms with Gasteiger partial charge in [-0.3, -0.25) is 10.2 Å². The van der Waals surface area contributed by atoms with E-state index in [0.29, 0.717) is 36.8 Å². The Hall–Kier alpha value is -3.82. The van der Waals surface area contributed by atoms with Gasteiger partial charge in [0.05, 0.1) is 5.71 Å². The summed E-state index contributed by atoms with van der Waals surface area (Å²) in [7, 11) is 0. The third-order valence-electron chi connectivity index (χ3n) is 4.76. The molecule has 1 aliphatic rings. The summed E-state index contributed by atoms with van der Waals surface area (Å²) in [5.74, 6) is -0.941. The predicted octanol–water partition coefficient (Wildman–Crippen LogP) is 2.81. The van der Waals surface area contributed by atoms with Crippen molar-refractivity contribution in [2.75, 3.05) is 24.6 Å². The van der Waals surface area contributed by atoms with E-state index in [9.17, 15) is 9.18 Å². The van der Waals surface area contributed by atoms with E-state index in [0.717, 1.165) is 18.6 Å². The number of nitrogens with zero attached hydrogens (tertiary/aromatic N) is 4. The molecule has 2 heterocycles. The van der Waals surface area contributed by atoms with Gasteiger partial charge in [-0.1, -0.05) is 36.0 Å². The molecule has 2 aromatic rings. The van der Waals surface area contributed by atoms with Gasteiger partial charge in [0.1, 0.15) is 31.3 Å². The number of ether oxygens (including phenoxy) is 1. The monoisotopic (exact) mass is 440 g/mol. The van der Waals surface area contributed by atoms with Gasteiger partial charge in [-0.05, 0) is 0 Å². The standard InChI is InChI=1S/C22H25FN6O3/c1-2-10-32-28-17-6-8-29(9-7-17)22-26-12-16(13-27-22)18-5-3-4-15(21(18)23)14-31-20(30)11-19(24)25/h2-5,12-13H,1,6-11,14H2,(H3,24,25). The summed E-state index contributed by atoms with van der Waals surface area (Å²) in [5, 5.41) is 11.2. The lowest BCUT2D eigenvalue weighted by Gasteiger charge is -2.27. The van der Waals surface area contributed by atoms with E-state index in [2.05, 4.69) is 21.7 Å². The fourth-order valence-electron chi connectivity index (χ4n) is 3.14. The van der Waals surface area contributed by atoms with Crippen molar-refractivity contribution in [3.8, 4) is 11.1 Å². The molecule has 0 unspecified atom stereocenters.